The highest BCUT2D eigenvalue weighted by Gasteiger charge is 2.78. The summed E-state index contributed by atoms with van der Waals surface area (Å²) in [5, 5.41) is 21.4. The van der Waals surface area contributed by atoms with E-state index in [0.29, 0.717) is 5.57 Å². The van der Waals surface area contributed by atoms with Gasteiger partial charge >= 0.3 is 11.9 Å². The highest BCUT2D eigenvalue weighted by molar-refractivity contribution is 6.00. The van der Waals surface area contributed by atoms with Crippen LogP contribution < -0.4 is 0 Å². The minimum Gasteiger partial charge on any atom is -0.462 e. The van der Waals surface area contributed by atoms with Crippen molar-refractivity contribution in [3.8, 4) is 0 Å². The maximum atomic E-state index is 12.3. The second-order valence-electron chi connectivity index (χ2n) is 6.93. The Morgan fingerprint density at radius 1 is 1.32 bits per heavy atom. The molecular formula is C15H16O7. The van der Waals surface area contributed by atoms with Crippen LogP contribution in [0.5, 0.6) is 0 Å². The van der Waals surface area contributed by atoms with Crippen LogP contribution in [0.2, 0.25) is 0 Å². The van der Waals surface area contributed by atoms with Gasteiger partial charge in [0.05, 0.1) is 5.41 Å². The van der Waals surface area contributed by atoms with Crippen LogP contribution in [-0.2, 0) is 23.9 Å². The molecule has 2 heterocycles. The number of carbonyl (C=O) groups excluding carboxylic acids is 3. The predicted molar refractivity (Wildman–Crippen MR) is 69.2 cm³/mol. The molecule has 6 atom stereocenters. The molecule has 0 aromatic rings. The van der Waals surface area contributed by atoms with Crippen molar-refractivity contribution in [2.75, 3.05) is 6.61 Å². The summed E-state index contributed by atoms with van der Waals surface area (Å²) in [6.45, 7) is 3.15. The lowest BCUT2D eigenvalue weighted by atomic mass is 9.49. The zero-order chi connectivity index (χ0) is 16.1. The van der Waals surface area contributed by atoms with E-state index < -0.39 is 46.5 Å². The van der Waals surface area contributed by atoms with Gasteiger partial charge in [-0.05, 0) is 18.6 Å². The lowest BCUT2D eigenvalue weighted by Gasteiger charge is -2.57. The Kier molecular flexibility index (Phi) is 2.27. The van der Waals surface area contributed by atoms with Crippen molar-refractivity contribution in [3.05, 3.63) is 11.6 Å². The number of aliphatic hydroxyl groups excluding tert-OH is 1. The molecule has 7 nitrogen and oxygen atoms in total. The summed E-state index contributed by atoms with van der Waals surface area (Å²) in [6, 6.07) is 0. The van der Waals surface area contributed by atoms with Crippen molar-refractivity contribution in [2.45, 2.75) is 38.1 Å². The summed E-state index contributed by atoms with van der Waals surface area (Å²) in [4.78, 5) is 36.5. The molecule has 0 aromatic carbocycles. The summed E-state index contributed by atoms with van der Waals surface area (Å²) in [6.07, 6.45) is -1.24. The Labute approximate surface area is 125 Å². The number of ether oxygens (including phenoxy) is 2. The van der Waals surface area contributed by atoms with E-state index in [1.54, 1.807) is 13.8 Å². The quantitative estimate of drug-likeness (QED) is 0.558. The van der Waals surface area contributed by atoms with Crippen molar-refractivity contribution < 1.29 is 34.1 Å². The molecule has 22 heavy (non-hydrogen) atoms. The number of ketones is 1. The minimum absolute atomic E-state index is 0.0276. The second kappa shape index (κ2) is 3.60. The Balaban J connectivity index is 2.02. The van der Waals surface area contributed by atoms with Crippen molar-refractivity contribution >= 4 is 17.7 Å². The van der Waals surface area contributed by atoms with Crippen LogP contribution in [0.15, 0.2) is 11.6 Å². The van der Waals surface area contributed by atoms with E-state index in [-0.39, 0.29) is 18.8 Å². The van der Waals surface area contributed by atoms with Crippen LogP contribution in [0.3, 0.4) is 0 Å². The Morgan fingerprint density at radius 2 is 2.00 bits per heavy atom. The third kappa shape index (κ3) is 1.10. The lowest BCUT2D eigenvalue weighted by molar-refractivity contribution is -0.232. The normalized spacial score (nSPS) is 52.6. The van der Waals surface area contributed by atoms with E-state index in [2.05, 4.69) is 0 Å². The van der Waals surface area contributed by atoms with Gasteiger partial charge in [0.25, 0.3) is 0 Å². The van der Waals surface area contributed by atoms with Crippen LogP contribution >= 0.6 is 0 Å². The van der Waals surface area contributed by atoms with Crippen molar-refractivity contribution in [1.29, 1.82) is 0 Å². The summed E-state index contributed by atoms with van der Waals surface area (Å²) < 4.78 is 10.2. The van der Waals surface area contributed by atoms with E-state index in [1.165, 1.54) is 6.08 Å². The van der Waals surface area contributed by atoms with E-state index in [9.17, 15) is 24.6 Å². The standard InChI is InChI=1S/C15H16O7/c1-6-7(16)3-8-13(2)5-21-12(19)15(13,20)9-4-14(6,8)10(17)11(18)22-9/h3,6,9-10,17,20H,4-5H2,1-2H3/t6-,9-,10+,13?,14-,15?/m1/s1. The number of allylic oxidation sites excluding steroid dienone is 1. The molecule has 3 fully saturated rings. The maximum absolute atomic E-state index is 12.3. The van der Waals surface area contributed by atoms with Crippen LogP contribution in [0, 0.1) is 16.7 Å². The zero-order valence-electron chi connectivity index (χ0n) is 12.2. The first-order chi connectivity index (χ1) is 10.2. The molecule has 0 radical (unpaired) electrons. The summed E-state index contributed by atoms with van der Waals surface area (Å²) in [5.74, 6) is -2.62. The molecular weight excluding hydrogens is 292 g/mol. The van der Waals surface area contributed by atoms with E-state index in [1.807, 2.05) is 0 Å². The van der Waals surface area contributed by atoms with Gasteiger partial charge in [0.15, 0.2) is 11.9 Å². The molecule has 2 bridgehead atoms. The number of rotatable bonds is 0. The first-order valence-corrected chi connectivity index (χ1v) is 7.24. The molecule has 0 amide bonds. The number of esters is 2. The van der Waals surface area contributed by atoms with Crippen LogP contribution in [-0.4, -0.2) is 52.4 Å². The number of cyclic esters (lactones) is 1. The van der Waals surface area contributed by atoms with Crippen molar-refractivity contribution in [1.82, 2.24) is 0 Å². The monoisotopic (exact) mass is 308 g/mol. The van der Waals surface area contributed by atoms with Crippen molar-refractivity contribution in [2.24, 2.45) is 16.7 Å². The highest BCUT2D eigenvalue weighted by atomic mass is 16.6. The SMILES string of the molecule is C[C@@H]1C(=O)C=C2C3(C)COC(=O)C3(O)[C@H]3C[C@]21[C@@H](O)C(=O)O3. The van der Waals surface area contributed by atoms with Gasteiger partial charge in [-0.3, -0.25) is 4.79 Å². The average Bonchev–Trinajstić information content (AvgIpc) is 2.87. The van der Waals surface area contributed by atoms with E-state index in [4.69, 9.17) is 9.47 Å². The molecule has 7 heteroatoms. The van der Waals surface area contributed by atoms with Gasteiger partial charge in [-0.15, -0.1) is 0 Å². The summed E-state index contributed by atoms with van der Waals surface area (Å²) >= 11 is 0. The van der Waals surface area contributed by atoms with Gasteiger partial charge in [-0.1, -0.05) is 6.92 Å². The smallest absolute Gasteiger partial charge is 0.343 e. The Morgan fingerprint density at radius 3 is 2.68 bits per heavy atom. The maximum Gasteiger partial charge on any atom is 0.343 e. The number of fused-ring (bicyclic) bond motifs is 4. The first-order valence-electron chi connectivity index (χ1n) is 7.24. The third-order valence-electron chi connectivity index (χ3n) is 6.19. The van der Waals surface area contributed by atoms with Gasteiger partial charge in [0, 0.05) is 17.8 Å². The van der Waals surface area contributed by atoms with E-state index in [0.717, 1.165) is 0 Å². The van der Waals surface area contributed by atoms with Crippen LogP contribution in [0.25, 0.3) is 0 Å². The number of hydrogen-bond acceptors (Lipinski definition) is 7. The molecule has 2 unspecified atom stereocenters. The molecule has 118 valence electrons. The third-order valence-corrected chi connectivity index (χ3v) is 6.19. The average molecular weight is 308 g/mol. The minimum atomic E-state index is -2.03. The topological polar surface area (TPSA) is 110 Å². The molecule has 1 spiro atoms. The van der Waals surface area contributed by atoms with Gasteiger partial charge < -0.3 is 19.7 Å². The fourth-order valence-corrected chi connectivity index (χ4v) is 4.77. The Bertz CT molecular complexity index is 667. The second-order valence-corrected chi connectivity index (χ2v) is 6.93. The molecule has 2 N–H and O–H groups in total. The van der Waals surface area contributed by atoms with Crippen LogP contribution in [0.4, 0.5) is 0 Å². The molecule has 0 aromatic heterocycles. The highest BCUT2D eigenvalue weighted by Crippen LogP contribution is 2.66. The van der Waals surface area contributed by atoms with Gasteiger partial charge in [0.1, 0.15) is 12.7 Å². The van der Waals surface area contributed by atoms with Crippen LogP contribution in [0.1, 0.15) is 20.3 Å². The fraction of sp³-hybridized carbons (Fsp3) is 0.667. The Hall–Kier alpha value is -1.73. The predicted octanol–water partition coefficient (Wildman–Crippen LogP) is -0.898. The number of aliphatic hydroxyl groups is 2. The first kappa shape index (κ1) is 13.9. The van der Waals surface area contributed by atoms with Gasteiger partial charge in [-0.2, -0.15) is 0 Å². The molecule has 2 saturated heterocycles. The molecule has 1 saturated carbocycles. The number of hydrogen-bond donors (Lipinski definition) is 2. The zero-order valence-corrected chi connectivity index (χ0v) is 12.2. The van der Waals surface area contributed by atoms with Gasteiger partial charge in [-0.25, -0.2) is 9.59 Å². The molecule has 4 rings (SSSR count). The number of carbonyl (C=O) groups is 3. The molecule has 2 aliphatic heterocycles. The lowest BCUT2D eigenvalue weighted by Crippen LogP contribution is -2.71. The fourth-order valence-electron chi connectivity index (χ4n) is 4.77. The largest absolute Gasteiger partial charge is 0.462 e. The summed E-state index contributed by atoms with van der Waals surface area (Å²) in [7, 11) is 0. The summed E-state index contributed by atoms with van der Waals surface area (Å²) in [5.41, 5.74) is -3.94. The van der Waals surface area contributed by atoms with E-state index >= 15 is 0 Å². The van der Waals surface area contributed by atoms with Crippen molar-refractivity contribution in [3.63, 3.8) is 0 Å². The molecule has 2 aliphatic carbocycles. The molecule has 4 aliphatic rings. The van der Waals surface area contributed by atoms with Gasteiger partial charge in [0.2, 0.25) is 5.60 Å².